The summed E-state index contributed by atoms with van der Waals surface area (Å²) >= 11 is 0. The highest BCUT2D eigenvalue weighted by Gasteiger charge is 2.27. The number of rotatable bonds is 5. The molecule has 2 N–H and O–H groups in total. The summed E-state index contributed by atoms with van der Waals surface area (Å²) in [7, 11) is 0. The fourth-order valence-electron chi connectivity index (χ4n) is 4.47. The number of aryl methyl sites for hydroxylation is 1. The van der Waals surface area contributed by atoms with Crippen molar-refractivity contribution < 1.29 is 13.6 Å². The van der Waals surface area contributed by atoms with Gasteiger partial charge in [-0.15, -0.1) is 10.2 Å². The number of nitrogens with zero attached hydrogens (tertiary/aromatic N) is 6. The molecule has 0 spiro atoms. The number of carbonyl (C=O) groups excluding carboxylic acids is 1. The summed E-state index contributed by atoms with van der Waals surface area (Å²) in [5, 5.41) is 22.3. The Hall–Kier alpha value is -4.02. The van der Waals surface area contributed by atoms with Crippen molar-refractivity contribution in [3.05, 3.63) is 58.4 Å². The predicted octanol–water partition coefficient (Wildman–Crippen LogP) is 1.86. The van der Waals surface area contributed by atoms with Crippen LogP contribution in [0.1, 0.15) is 34.1 Å². The van der Waals surface area contributed by atoms with Gasteiger partial charge in [0.1, 0.15) is 12.1 Å². The van der Waals surface area contributed by atoms with Crippen LogP contribution in [0.3, 0.4) is 0 Å². The van der Waals surface area contributed by atoms with Gasteiger partial charge in [0.05, 0.1) is 17.9 Å². The van der Waals surface area contributed by atoms with Crippen LogP contribution in [0.2, 0.25) is 0 Å². The van der Waals surface area contributed by atoms with Crippen molar-refractivity contribution in [3.8, 4) is 11.7 Å². The number of aromatic nitrogens is 6. The molecule has 1 aromatic carbocycles. The van der Waals surface area contributed by atoms with E-state index in [1.807, 2.05) is 6.92 Å². The third-order valence-electron chi connectivity index (χ3n) is 6.15. The minimum Gasteiger partial charge on any atom is -0.418 e. The summed E-state index contributed by atoms with van der Waals surface area (Å²) in [5.41, 5.74) is 5.04. The maximum atomic E-state index is 12.7. The zero-order valence-corrected chi connectivity index (χ0v) is 18.0. The Kier molecular flexibility index (Phi) is 4.67. The average molecular weight is 446 g/mol. The van der Waals surface area contributed by atoms with E-state index in [4.69, 9.17) is 8.83 Å². The van der Waals surface area contributed by atoms with Crippen molar-refractivity contribution in [1.82, 2.24) is 35.5 Å². The molecule has 11 heteroatoms. The Balaban J connectivity index is 1.11. The van der Waals surface area contributed by atoms with E-state index in [-0.39, 0.29) is 30.2 Å². The van der Waals surface area contributed by atoms with Crippen LogP contribution in [-0.2, 0) is 37.0 Å². The van der Waals surface area contributed by atoms with Crippen molar-refractivity contribution >= 4 is 11.9 Å². The third kappa shape index (κ3) is 3.75. The second kappa shape index (κ2) is 7.84. The highest BCUT2D eigenvalue weighted by Crippen LogP contribution is 2.29. The van der Waals surface area contributed by atoms with E-state index in [2.05, 4.69) is 60.2 Å². The third-order valence-corrected chi connectivity index (χ3v) is 6.15. The molecule has 33 heavy (non-hydrogen) atoms. The number of nitrogens with one attached hydrogen (secondary N) is 2. The van der Waals surface area contributed by atoms with Gasteiger partial charge in [-0.1, -0.05) is 24.3 Å². The topological polar surface area (TPSA) is 139 Å². The zero-order chi connectivity index (χ0) is 22.4. The summed E-state index contributed by atoms with van der Waals surface area (Å²) in [5.74, 6) is 0.751. The summed E-state index contributed by atoms with van der Waals surface area (Å²) in [6, 6.07) is 9.07. The first-order valence-corrected chi connectivity index (χ1v) is 10.9. The molecule has 1 amide bonds. The molecule has 11 nitrogen and oxygen atoms in total. The van der Waals surface area contributed by atoms with Gasteiger partial charge in [0.15, 0.2) is 0 Å². The van der Waals surface area contributed by atoms with Gasteiger partial charge in [0.25, 0.3) is 11.9 Å². The molecule has 2 aliphatic rings. The Labute approximate surface area is 188 Å². The number of anilines is 1. The lowest BCUT2D eigenvalue weighted by molar-refractivity contribution is -0.131. The number of hydrogen-bond donors (Lipinski definition) is 2. The summed E-state index contributed by atoms with van der Waals surface area (Å²) in [6.07, 6.45) is 2.53. The van der Waals surface area contributed by atoms with Gasteiger partial charge in [-0.2, -0.15) is 20.4 Å². The van der Waals surface area contributed by atoms with Crippen LogP contribution in [0.4, 0.5) is 6.01 Å². The molecule has 0 saturated carbocycles. The quantitative estimate of drug-likeness (QED) is 0.470. The van der Waals surface area contributed by atoms with E-state index < -0.39 is 0 Å². The second-order valence-corrected chi connectivity index (χ2v) is 8.41. The van der Waals surface area contributed by atoms with E-state index in [1.165, 1.54) is 11.1 Å². The Morgan fingerprint density at radius 1 is 1.15 bits per heavy atom. The molecule has 4 aromatic rings. The SMILES string of the molecule is Cc1nc(NC2Cc3ccccc3C2)oc1-c1nnc(CC(=O)N2CCc3n[nH]nc3C2)o1. The van der Waals surface area contributed by atoms with Gasteiger partial charge in [-0.25, -0.2) is 0 Å². The summed E-state index contributed by atoms with van der Waals surface area (Å²) in [6.45, 7) is 2.83. The average Bonchev–Trinajstić information content (AvgIpc) is 3.59. The van der Waals surface area contributed by atoms with Crippen LogP contribution in [0.5, 0.6) is 0 Å². The molecule has 168 valence electrons. The standard InChI is InChI=1S/C22H22N8O3/c1-12-20(33-22(23-12)24-15-8-13-4-2-3-5-14(13)9-15)21-28-27-18(32-21)10-19(31)30-7-6-16-17(11-30)26-29-25-16/h2-5,15H,6-11H2,1H3,(H,23,24)(H,25,26,29). The minimum atomic E-state index is -0.101. The van der Waals surface area contributed by atoms with Gasteiger partial charge in [0.2, 0.25) is 17.6 Å². The Morgan fingerprint density at radius 2 is 1.94 bits per heavy atom. The molecule has 0 atom stereocenters. The van der Waals surface area contributed by atoms with E-state index in [0.717, 1.165) is 24.2 Å². The van der Waals surface area contributed by atoms with Gasteiger partial charge < -0.3 is 19.1 Å². The lowest BCUT2D eigenvalue weighted by atomic mass is 10.1. The second-order valence-electron chi connectivity index (χ2n) is 8.41. The van der Waals surface area contributed by atoms with Crippen LogP contribution in [0.15, 0.2) is 33.1 Å². The fourth-order valence-corrected chi connectivity index (χ4v) is 4.47. The van der Waals surface area contributed by atoms with E-state index >= 15 is 0 Å². The normalized spacial score (nSPS) is 15.5. The molecule has 6 rings (SSSR count). The van der Waals surface area contributed by atoms with Crippen molar-refractivity contribution in [2.75, 3.05) is 11.9 Å². The molecule has 0 radical (unpaired) electrons. The summed E-state index contributed by atoms with van der Waals surface area (Å²) < 4.78 is 11.6. The first kappa shape index (κ1) is 19.6. The number of amides is 1. The van der Waals surface area contributed by atoms with Crippen LogP contribution in [-0.4, -0.2) is 54.0 Å². The van der Waals surface area contributed by atoms with Gasteiger partial charge in [-0.3, -0.25) is 4.79 Å². The van der Waals surface area contributed by atoms with Gasteiger partial charge >= 0.3 is 0 Å². The number of benzene rings is 1. The minimum absolute atomic E-state index is 0.0127. The van der Waals surface area contributed by atoms with E-state index in [0.29, 0.717) is 37.0 Å². The van der Waals surface area contributed by atoms with Crippen molar-refractivity contribution in [2.45, 2.75) is 45.2 Å². The Morgan fingerprint density at radius 3 is 2.76 bits per heavy atom. The number of hydrogen-bond acceptors (Lipinski definition) is 9. The number of carbonyl (C=O) groups is 1. The fraction of sp³-hybridized carbons (Fsp3) is 0.364. The van der Waals surface area contributed by atoms with Crippen molar-refractivity contribution in [3.63, 3.8) is 0 Å². The Bertz CT molecular complexity index is 1300. The van der Waals surface area contributed by atoms with Crippen molar-refractivity contribution in [1.29, 1.82) is 0 Å². The maximum absolute atomic E-state index is 12.7. The van der Waals surface area contributed by atoms with Gasteiger partial charge in [0, 0.05) is 19.0 Å². The number of H-pyrrole nitrogens is 1. The molecule has 1 aliphatic carbocycles. The monoisotopic (exact) mass is 446 g/mol. The first-order chi connectivity index (χ1) is 16.1. The van der Waals surface area contributed by atoms with Crippen LogP contribution >= 0.6 is 0 Å². The first-order valence-electron chi connectivity index (χ1n) is 10.9. The lowest BCUT2D eigenvalue weighted by Gasteiger charge is -2.24. The molecule has 4 heterocycles. The van der Waals surface area contributed by atoms with E-state index in [1.54, 1.807) is 4.90 Å². The van der Waals surface area contributed by atoms with E-state index in [9.17, 15) is 4.79 Å². The highest BCUT2D eigenvalue weighted by molar-refractivity contribution is 5.78. The summed E-state index contributed by atoms with van der Waals surface area (Å²) in [4.78, 5) is 18.9. The number of aromatic amines is 1. The maximum Gasteiger partial charge on any atom is 0.295 e. The molecule has 0 bridgehead atoms. The number of fused-ring (bicyclic) bond motifs is 2. The lowest BCUT2D eigenvalue weighted by Crippen LogP contribution is -2.37. The van der Waals surface area contributed by atoms with Gasteiger partial charge in [-0.05, 0) is 30.9 Å². The molecule has 1 aliphatic heterocycles. The van der Waals surface area contributed by atoms with Crippen LogP contribution in [0, 0.1) is 6.92 Å². The smallest absolute Gasteiger partial charge is 0.295 e. The zero-order valence-electron chi connectivity index (χ0n) is 18.0. The molecule has 0 fully saturated rings. The van der Waals surface area contributed by atoms with Crippen LogP contribution < -0.4 is 5.32 Å². The molecule has 3 aromatic heterocycles. The molecular weight excluding hydrogens is 424 g/mol. The predicted molar refractivity (Wildman–Crippen MR) is 115 cm³/mol. The number of oxazole rings is 1. The molecule has 0 unspecified atom stereocenters. The largest absolute Gasteiger partial charge is 0.418 e. The molecular formula is C22H22N8O3. The highest BCUT2D eigenvalue weighted by atomic mass is 16.4. The molecule has 0 saturated heterocycles. The van der Waals surface area contributed by atoms with Crippen LogP contribution in [0.25, 0.3) is 11.7 Å². The van der Waals surface area contributed by atoms with Crippen molar-refractivity contribution in [2.24, 2.45) is 0 Å².